The standard InChI is InChI=1S/C21H27N3O3S/c1-17(19-9-5-3-6-10-19)22-18(2)21(25)23-13-15-24(16-14-23)28(26,27)20-11-7-4-8-12-20/h3-12,17-18,22H,13-16H2,1-2H3/t17-,18+/m0/s1. The minimum Gasteiger partial charge on any atom is -0.339 e. The largest absolute Gasteiger partial charge is 0.339 e. The van der Waals surface area contributed by atoms with E-state index in [1.54, 1.807) is 35.2 Å². The number of nitrogens with one attached hydrogen (secondary N) is 1. The third-order valence-electron chi connectivity index (χ3n) is 5.10. The Balaban J connectivity index is 1.56. The lowest BCUT2D eigenvalue weighted by Gasteiger charge is -2.35. The molecular weight excluding hydrogens is 374 g/mol. The van der Waals surface area contributed by atoms with Crippen molar-refractivity contribution in [2.24, 2.45) is 0 Å². The molecule has 6 nitrogen and oxygen atoms in total. The summed E-state index contributed by atoms with van der Waals surface area (Å²) < 4.78 is 26.9. The summed E-state index contributed by atoms with van der Waals surface area (Å²) in [6, 6.07) is 18.1. The maximum Gasteiger partial charge on any atom is 0.243 e. The van der Waals surface area contributed by atoms with Crippen LogP contribution in [-0.2, 0) is 14.8 Å². The van der Waals surface area contributed by atoms with Crippen LogP contribution in [0.25, 0.3) is 0 Å². The van der Waals surface area contributed by atoms with E-state index < -0.39 is 10.0 Å². The maximum atomic E-state index is 12.8. The van der Waals surface area contributed by atoms with E-state index in [1.807, 2.05) is 44.2 Å². The molecule has 1 aliphatic heterocycles. The molecule has 1 heterocycles. The Morgan fingerprint density at radius 1 is 0.893 bits per heavy atom. The van der Waals surface area contributed by atoms with E-state index in [9.17, 15) is 13.2 Å². The number of amides is 1. The van der Waals surface area contributed by atoms with E-state index in [4.69, 9.17) is 0 Å². The summed E-state index contributed by atoms with van der Waals surface area (Å²) in [7, 11) is -3.51. The highest BCUT2D eigenvalue weighted by Gasteiger charge is 2.31. The van der Waals surface area contributed by atoms with Crippen LogP contribution in [0.1, 0.15) is 25.5 Å². The molecular formula is C21H27N3O3S. The van der Waals surface area contributed by atoms with Crippen LogP contribution in [0, 0.1) is 0 Å². The Labute approximate surface area is 167 Å². The highest BCUT2D eigenvalue weighted by molar-refractivity contribution is 7.89. The Morgan fingerprint density at radius 2 is 1.43 bits per heavy atom. The Hall–Kier alpha value is -2.22. The first-order valence-electron chi connectivity index (χ1n) is 9.54. The minimum atomic E-state index is -3.51. The molecule has 0 bridgehead atoms. The second-order valence-electron chi connectivity index (χ2n) is 7.06. The van der Waals surface area contributed by atoms with Crippen molar-refractivity contribution in [1.29, 1.82) is 0 Å². The number of benzene rings is 2. The van der Waals surface area contributed by atoms with Gasteiger partial charge in [0.25, 0.3) is 0 Å². The van der Waals surface area contributed by atoms with Gasteiger partial charge in [-0.05, 0) is 31.5 Å². The van der Waals surface area contributed by atoms with Crippen LogP contribution in [0.2, 0.25) is 0 Å². The zero-order chi connectivity index (χ0) is 20.1. The molecule has 1 fully saturated rings. The summed E-state index contributed by atoms with van der Waals surface area (Å²) >= 11 is 0. The van der Waals surface area contributed by atoms with Crippen molar-refractivity contribution in [3.63, 3.8) is 0 Å². The fourth-order valence-electron chi connectivity index (χ4n) is 3.45. The Kier molecular flexibility index (Phi) is 6.49. The van der Waals surface area contributed by atoms with E-state index in [0.29, 0.717) is 31.1 Å². The van der Waals surface area contributed by atoms with Crippen LogP contribution in [0.5, 0.6) is 0 Å². The zero-order valence-electron chi connectivity index (χ0n) is 16.3. The number of hydrogen-bond donors (Lipinski definition) is 1. The van der Waals surface area contributed by atoms with E-state index in [-0.39, 0.29) is 18.0 Å². The molecule has 0 saturated carbocycles. The zero-order valence-corrected chi connectivity index (χ0v) is 17.1. The predicted octanol–water partition coefficient (Wildman–Crippen LogP) is 2.26. The number of sulfonamides is 1. The van der Waals surface area contributed by atoms with Crippen molar-refractivity contribution in [2.75, 3.05) is 26.2 Å². The van der Waals surface area contributed by atoms with Crippen molar-refractivity contribution in [2.45, 2.75) is 30.8 Å². The average Bonchev–Trinajstić information content (AvgIpc) is 2.74. The van der Waals surface area contributed by atoms with Crippen molar-refractivity contribution < 1.29 is 13.2 Å². The van der Waals surface area contributed by atoms with E-state index in [2.05, 4.69) is 5.32 Å². The summed E-state index contributed by atoms with van der Waals surface area (Å²) in [5, 5.41) is 3.34. The van der Waals surface area contributed by atoms with Gasteiger partial charge < -0.3 is 4.90 Å². The van der Waals surface area contributed by atoms with Gasteiger partial charge >= 0.3 is 0 Å². The number of carbonyl (C=O) groups excluding carboxylic acids is 1. The average molecular weight is 402 g/mol. The van der Waals surface area contributed by atoms with Crippen LogP contribution >= 0.6 is 0 Å². The second kappa shape index (κ2) is 8.86. The van der Waals surface area contributed by atoms with Gasteiger partial charge in [-0.1, -0.05) is 48.5 Å². The van der Waals surface area contributed by atoms with Crippen LogP contribution in [0.15, 0.2) is 65.6 Å². The molecule has 0 radical (unpaired) electrons. The quantitative estimate of drug-likeness (QED) is 0.806. The monoisotopic (exact) mass is 401 g/mol. The Morgan fingerprint density at radius 3 is 2.00 bits per heavy atom. The van der Waals surface area contributed by atoms with Gasteiger partial charge in [0.05, 0.1) is 10.9 Å². The molecule has 0 aliphatic carbocycles. The van der Waals surface area contributed by atoms with E-state index >= 15 is 0 Å². The lowest BCUT2D eigenvalue weighted by atomic mass is 10.1. The van der Waals surface area contributed by atoms with Gasteiger partial charge in [0, 0.05) is 32.2 Å². The highest BCUT2D eigenvalue weighted by atomic mass is 32.2. The van der Waals surface area contributed by atoms with E-state index in [0.717, 1.165) is 5.56 Å². The van der Waals surface area contributed by atoms with Gasteiger partial charge in [0.15, 0.2) is 0 Å². The molecule has 0 spiro atoms. The molecule has 1 N–H and O–H groups in total. The highest BCUT2D eigenvalue weighted by Crippen LogP contribution is 2.18. The molecule has 1 amide bonds. The first kappa shape index (κ1) is 20.5. The molecule has 2 aromatic rings. The van der Waals surface area contributed by atoms with Gasteiger partial charge in [-0.2, -0.15) is 4.31 Å². The van der Waals surface area contributed by atoms with Crippen LogP contribution in [-0.4, -0.2) is 55.8 Å². The van der Waals surface area contributed by atoms with Gasteiger partial charge in [-0.15, -0.1) is 0 Å². The number of nitrogens with zero attached hydrogens (tertiary/aromatic N) is 2. The topological polar surface area (TPSA) is 69.7 Å². The Bertz CT molecular complexity index is 880. The molecule has 0 unspecified atom stereocenters. The molecule has 2 atom stereocenters. The smallest absolute Gasteiger partial charge is 0.243 e. The van der Waals surface area contributed by atoms with Crippen molar-refractivity contribution >= 4 is 15.9 Å². The number of carbonyl (C=O) groups is 1. The molecule has 150 valence electrons. The van der Waals surface area contributed by atoms with Gasteiger partial charge in [0.1, 0.15) is 0 Å². The van der Waals surface area contributed by atoms with Crippen LogP contribution in [0.3, 0.4) is 0 Å². The number of rotatable bonds is 6. The van der Waals surface area contributed by atoms with Crippen molar-refractivity contribution in [3.8, 4) is 0 Å². The number of hydrogen-bond acceptors (Lipinski definition) is 4. The van der Waals surface area contributed by atoms with E-state index in [1.165, 1.54) is 4.31 Å². The van der Waals surface area contributed by atoms with Gasteiger partial charge in [0.2, 0.25) is 15.9 Å². The fourth-order valence-corrected chi connectivity index (χ4v) is 4.89. The SMILES string of the molecule is C[C@H](N[C@H](C)C(=O)N1CCN(S(=O)(=O)c2ccccc2)CC1)c1ccccc1. The van der Waals surface area contributed by atoms with Gasteiger partial charge in [-0.3, -0.25) is 10.1 Å². The van der Waals surface area contributed by atoms with Crippen molar-refractivity contribution in [1.82, 2.24) is 14.5 Å². The van der Waals surface area contributed by atoms with Gasteiger partial charge in [-0.25, -0.2) is 8.42 Å². The summed E-state index contributed by atoms with van der Waals surface area (Å²) in [6.45, 7) is 5.31. The third-order valence-corrected chi connectivity index (χ3v) is 7.01. The molecule has 0 aromatic heterocycles. The molecule has 7 heteroatoms. The number of piperazine rings is 1. The first-order valence-corrected chi connectivity index (χ1v) is 11.0. The summed E-state index contributed by atoms with van der Waals surface area (Å²) in [6.07, 6.45) is 0. The predicted molar refractivity (Wildman–Crippen MR) is 109 cm³/mol. The normalized spacial score (nSPS) is 17.9. The first-order chi connectivity index (χ1) is 13.4. The lowest BCUT2D eigenvalue weighted by Crippen LogP contribution is -2.54. The summed E-state index contributed by atoms with van der Waals surface area (Å²) in [5.41, 5.74) is 1.13. The summed E-state index contributed by atoms with van der Waals surface area (Å²) in [4.78, 5) is 14.8. The van der Waals surface area contributed by atoms with Crippen molar-refractivity contribution in [3.05, 3.63) is 66.2 Å². The maximum absolute atomic E-state index is 12.8. The van der Waals surface area contributed by atoms with Crippen LogP contribution < -0.4 is 5.32 Å². The molecule has 1 saturated heterocycles. The molecule has 3 rings (SSSR count). The third kappa shape index (κ3) is 4.60. The molecule has 2 aromatic carbocycles. The molecule has 28 heavy (non-hydrogen) atoms. The lowest BCUT2D eigenvalue weighted by molar-refractivity contribution is -0.134. The van der Waals surface area contributed by atoms with Crippen LogP contribution in [0.4, 0.5) is 0 Å². The second-order valence-corrected chi connectivity index (χ2v) is 9.00. The summed E-state index contributed by atoms with van der Waals surface area (Å²) in [5.74, 6) is -0.000426. The fraction of sp³-hybridized carbons (Fsp3) is 0.381. The molecule has 1 aliphatic rings. The minimum absolute atomic E-state index is 0.000426.